The van der Waals surface area contributed by atoms with Crippen LogP contribution in [0.25, 0.3) is 0 Å². The molecule has 26 valence electrons. The zero-order valence-corrected chi connectivity index (χ0v) is 5.24. The first-order valence-electron chi connectivity index (χ1n) is 0.855. The molecule has 0 aliphatic rings. The second-order valence-electron chi connectivity index (χ2n) is 0.285. The van der Waals surface area contributed by atoms with Gasteiger partial charge < -0.3 is 0 Å². The van der Waals surface area contributed by atoms with E-state index in [-0.39, 0.29) is 23.1 Å². The van der Waals surface area contributed by atoms with Crippen molar-refractivity contribution in [3.63, 3.8) is 0 Å². The van der Waals surface area contributed by atoms with Crippen LogP contribution >= 0.6 is 11.8 Å². The maximum absolute atomic E-state index is 7.56. The van der Waals surface area contributed by atoms with Gasteiger partial charge >= 0.3 is 0 Å². The third-order valence-corrected chi connectivity index (χ3v) is 0.274. The second kappa shape index (κ2) is 8.92. The highest BCUT2D eigenvalue weighted by Crippen LogP contribution is 1.85. The SMILES string of the molecule is N#CSC#N.[Mg]. The fraction of sp³-hybridized carbons (Fsp3) is 0. The summed E-state index contributed by atoms with van der Waals surface area (Å²) in [6, 6.07) is 0. The molecule has 0 aromatic heterocycles. The Morgan fingerprint density at radius 2 is 1.50 bits per heavy atom. The molecule has 0 aromatic carbocycles. The van der Waals surface area contributed by atoms with E-state index in [2.05, 4.69) is 0 Å². The summed E-state index contributed by atoms with van der Waals surface area (Å²) in [6.45, 7) is 0. The van der Waals surface area contributed by atoms with Gasteiger partial charge in [0.1, 0.15) is 10.8 Å². The fourth-order valence-electron chi connectivity index (χ4n) is 0.0204. The average molecular weight is 108 g/mol. The minimum absolute atomic E-state index is 0. The van der Waals surface area contributed by atoms with E-state index in [1.54, 1.807) is 10.8 Å². The molecule has 0 aliphatic heterocycles. The lowest BCUT2D eigenvalue weighted by molar-refractivity contribution is 1.56. The van der Waals surface area contributed by atoms with Gasteiger partial charge in [-0.3, -0.25) is 0 Å². The van der Waals surface area contributed by atoms with Crippen LogP contribution in [0.3, 0.4) is 0 Å². The third kappa shape index (κ3) is 8.94. The molecule has 0 N–H and O–H groups in total. The number of hydrogen-bond donors (Lipinski definition) is 0. The van der Waals surface area contributed by atoms with Gasteiger partial charge in [-0.25, -0.2) is 0 Å². The molecule has 0 aliphatic carbocycles. The van der Waals surface area contributed by atoms with Crippen LogP contribution < -0.4 is 0 Å². The molecule has 0 bridgehead atoms. The Bertz CT molecular complexity index is 76.7. The Kier molecular flexibility index (Phi) is 14.0. The van der Waals surface area contributed by atoms with Gasteiger partial charge in [-0.1, -0.05) is 0 Å². The highest BCUT2D eigenvalue weighted by atomic mass is 32.2. The van der Waals surface area contributed by atoms with Gasteiger partial charge in [0.25, 0.3) is 0 Å². The van der Waals surface area contributed by atoms with Gasteiger partial charge in [0.15, 0.2) is 0 Å². The highest BCUT2D eigenvalue weighted by Gasteiger charge is 1.62. The largest absolute Gasteiger partial charge is 0.184 e. The molecule has 0 aromatic rings. The normalized spacial score (nSPS) is 3.67. The number of nitrogens with zero attached hydrogens (tertiary/aromatic N) is 2. The summed E-state index contributed by atoms with van der Waals surface area (Å²) in [5.74, 6) is 0. The molecule has 0 fully saturated rings. The molecule has 2 radical (unpaired) electrons. The van der Waals surface area contributed by atoms with Gasteiger partial charge in [-0.05, 0) is 0 Å². The van der Waals surface area contributed by atoms with Gasteiger partial charge in [0, 0.05) is 23.1 Å². The number of thioether (sulfide) groups is 1. The summed E-state index contributed by atoms with van der Waals surface area (Å²) in [4.78, 5) is 0. The predicted octanol–water partition coefficient (Wildman–Crippen LogP) is 0.301. The van der Waals surface area contributed by atoms with Crippen LogP contribution in [0.5, 0.6) is 0 Å². The van der Waals surface area contributed by atoms with E-state index >= 15 is 0 Å². The monoisotopic (exact) mass is 108 g/mol. The number of thiocyanates is 2. The molecular formula is C2MgN2S. The summed E-state index contributed by atoms with van der Waals surface area (Å²) < 4.78 is 0. The van der Waals surface area contributed by atoms with Crippen molar-refractivity contribution in [2.24, 2.45) is 0 Å². The van der Waals surface area contributed by atoms with Crippen LogP contribution in [0.1, 0.15) is 0 Å². The molecule has 4 heteroatoms. The third-order valence-electron chi connectivity index (χ3n) is 0.0913. The first-order valence-corrected chi connectivity index (χ1v) is 1.67. The lowest BCUT2D eigenvalue weighted by atomic mass is 11.8. The first kappa shape index (κ1) is 9.44. The lowest BCUT2D eigenvalue weighted by Crippen LogP contribution is -1.29. The number of nitriles is 2. The summed E-state index contributed by atoms with van der Waals surface area (Å²) in [7, 11) is 0. The van der Waals surface area contributed by atoms with Gasteiger partial charge in [0.2, 0.25) is 0 Å². The van der Waals surface area contributed by atoms with Crippen LogP contribution in [0.4, 0.5) is 0 Å². The Labute approximate surface area is 56.3 Å². The van der Waals surface area contributed by atoms with E-state index in [9.17, 15) is 0 Å². The zero-order valence-electron chi connectivity index (χ0n) is 3.01. The maximum atomic E-state index is 7.56. The van der Waals surface area contributed by atoms with E-state index in [4.69, 9.17) is 10.5 Å². The van der Waals surface area contributed by atoms with Crippen molar-refractivity contribution in [1.82, 2.24) is 0 Å². The molecule has 0 saturated carbocycles. The topological polar surface area (TPSA) is 47.6 Å². The smallest absolute Gasteiger partial charge is 0.149 e. The predicted molar refractivity (Wildman–Crippen MR) is 24.6 cm³/mol. The van der Waals surface area contributed by atoms with Crippen LogP contribution in [-0.2, 0) is 0 Å². The molecule has 2 nitrogen and oxygen atoms in total. The molecule has 0 atom stereocenters. The summed E-state index contributed by atoms with van der Waals surface area (Å²) in [6.07, 6.45) is 0. The quantitative estimate of drug-likeness (QED) is 0.331. The first-order chi connectivity index (χ1) is 2.41. The Hall–Kier alpha value is 0.0962. The Morgan fingerprint density at radius 1 is 1.17 bits per heavy atom. The van der Waals surface area contributed by atoms with Crippen molar-refractivity contribution >= 4 is 34.8 Å². The Morgan fingerprint density at radius 3 is 1.50 bits per heavy atom. The molecule has 0 heterocycles. The average Bonchev–Trinajstić information content (AvgIpc) is 1.41. The highest BCUT2D eigenvalue weighted by molar-refractivity contribution is 8.07. The fourth-order valence-corrected chi connectivity index (χ4v) is 0.0612. The molecule has 0 unspecified atom stereocenters. The van der Waals surface area contributed by atoms with Crippen molar-refractivity contribution in [2.75, 3.05) is 0 Å². The van der Waals surface area contributed by atoms with E-state index < -0.39 is 0 Å². The van der Waals surface area contributed by atoms with Crippen LogP contribution in [0.15, 0.2) is 0 Å². The summed E-state index contributed by atoms with van der Waals surface area (Å²) in [5.41, 5.74) is 0. The van der Waals surface area contributed by atoms with Crippen LogP contribution in [0.2, 0.25) is 0 Å². The van der Waals surface area contributed by atoms with E-state index in [1.165, 1.54) is 0 Å². The number of hydrogen-bond acceptors (Lipinski definition) is 3. The van der Waals surface area contributed by atoms with Crippen molar-refractivity contribution in [1.29, 1.82) is 10.5 Å². The minimum atomic E-state index is 0. The molecule has 0 spiro atoms. The molecule has 6 heavy (non-hydrogen) atoms. The van der Waals surface area contributed by atoms with Crippen LogP contribution in [-0.4, -0.2) is 23.1 Å². The summed E-state index contributed by atoms with van der Waals surface area (Å²) >= 11 is 0.574. The second-order valence-corrected chi connectivity index (χ2v) is 0.854. The van der Waals surface area contributed by atoms with Crippen molar-refractivity contribution < 1.29 is 0 Å². The molecule has 0 amide bonds. The number of rotatable bonds is 0. The molecular weight excluding hydrogens is 108 g/mol. The summed E-state index contributed by atoms with van der Waals surface area (Å²) in [5, 5.41) is 18.3. The van der Waals surface area contributed by atoms with Crippen molar-refractivity contribution in [3.8, 4) is 10.8 Å². The van der Waals surface area contributed by atoms with Crippen molar-refractivity contribution in [3.05, 3.63) is 0 Å². The van der Waals surface area contributed by atoms with Gasteiger partial charge in [-0.15, -0.1) is 0 Å². The lowest BCUT2D eigenvalue weighted by Gasteiger charge is -1.44. The molecule has 0 saturated heterocycles. The van der Waals surface area contributed by atoms with Gasteiger partial charge in [-0.2, -0.15) is 10.5 Å². The Balaban J connectivity index is 0. The van der Waals surface area contributed by atoms with Crippen molar-refractivity contribution in [2.45, 2.75) is 0 Å². The van der Waals surface area contributed by atoms with Crippen LogP contribution in [0, 0.1) is 21.3 Å². The zero-order chi connectivity index (χ0) is 4.12. The molecule has 0 rings (SSSR count). The van der Waals surface area contributed by atoms with E-state index in [1.807, 2.05) is 0 Å². The van der Waals surface area contributed by atoms with E-state index in [0.717, 1.165) is 0 Å². The van der Waals surface area contributed by atoms with Gasteiger partial charge in [0.05, 0.1) is 11.8 Å². The maximum Gasteiger partial charge on any atom is 0.149 e. The standard InChI is InChI=1S/C2N2S.Mg/c3-1-5-2-4;. The van der Waals surface area contributed by atoms with E-state index in [0.29, 0.717) is 11.8 Å². The minimum Gasteiger partial charge on any atom is -0.184 e.